The summed E-state index contributed by atoms with van der Waals surface area (Å²) in [5.74, 6) is -1.30. The second-order valence-corrected chi connectivity index (χ2v) is 31.1. The molecule has 0 saturated heterocycles. The second-order valence-electron chi connectivity index (χ2n) is 28.2. The normalized spacial score (nSPS) is 13.9. The van der Waals surface area contributed by atoms with Crippen molar-refractivity contribution in [2.45, 2.75) is 425 Å². The van der Waals surface area contributed by atoms with Crippen LogP contribution in [-0.4, -0.2) is 96.7 Å². The molecule has 0 rings (SSSR count). The van der Waals surface area contributed by atoms with E-state index in [0.29, 0.717) is 25.7 Å². The molecule has 0 bridgehead atoms. The minimum Gasteiger partial charge on any atom is -0.462 e. The van der Waals surface area contributed by atoms with Crippen LogP contribution in [0.25, 0.3) is 0 Å². The van der Waals surface area contributed by atoms with Crippen LogP contribution in [-0.2, 0) is 65.4 Å². The number of rotatable bonds is 77. The van der Waals surface area contributed by atoms with E-state index in [-0.39, 0.29) is 25.7 Å². The number of aliphatic hydroxyl groups excluding tert-OH is 1. The molecule has 19 heteroatoms. The van der Waals surface area contributed by atoms with Gasteiger partial charge in [-0.2, -0.15) is 0 Å². The SMILES string of the molecule is CCCCCCCCCCCCCCCCC(=O)OC[C@H](COP(=O)(O)OC[C@@H](O)COP(=O)(O)OC[C@@H](COC(=O)CCCCCCCCCCC)OC(=O)CCCCCCCCCCCCCCCC)OC(=O)CCCCCCCCCCCCCCCCCCC(C)C. The van der Waals surface area contributed by atoms with Gasteiger partial charge >= 0.3 is 39.5 Å². The van der Waals surface area contributed by atoms with E-state index in [2.05, 4.69) is 34.6 Å². The van der Waals surface area contributed by atoms with Crippen molar-refractivity contribution in [3.8, 4) is 0 Å². The fraction of sp³-hybridized carbons (Fsp3) is 0.948. The van der Waals surface area contributed by atoms with E-state index in [1.807, 2.05) is 0 Å². The number of unbranched alkanes of at least 4 members (excludes halogenated alkanes) is 49. The van der Waals surface area contributed by atoms with Crippen molar-refractivity contribution in [3.63, 3.8) is 0 Å². The zero-order valence-corrected chi connectivity index (χ0v) is 64.3. The van der Waals surface area contributed by atoms with Gasteiger partial charge in [0.25, 0.3) is 0 Å². The monoisotopic (exact) mass is 1410 g/mol. The molecule has 0 fully saturated rings. The van der Waals surface area contributed by atoms with E-state index in [1.165, 1.54) is 231 Å². The standard InChI is InChI=1S/C77H150O17P2/c1-6-9-12-15-18-21-23-25-32-36-41-46-51-56-61-75(80)88-67-73(94-77(82)63-58-53-48-43-38-34-30-28-27-29-31-35-40-44-49-54-59-70(4)5)69-92-96(85,86)90-65-71(78)64-89-95(83,84)91-68-72(66-87-74(79)60-55-50-45-39-20-17-14-11-8-3)93-76(81)62-57-52-47-42-37-33-26-24-22-19-16-13-10-7-2/h70-73,78H,6-69H2,1-5H3,(H,83,84)(H,85,86)/t71-,72+,73+/m0/s1. The zero-order chi connectivity index (χ0) is 70.5. The van der Waals surface area contributed by atoms with E-state index < -0.39 is 97.5 Å². The Bertz CT molecular complexity index is 1840. The number of carbonyl (C=O) groups is 4. The Labute approximate surface area is 588 Å². The summed E-state index contributed by atoms with van der Waals surface area (Å²) in [6, 6.07) is 0. The summed E-state index contributed by atoms with van der Waals surface area (Å²) in [4.78, 5) is 72.8. The van der Waals surface area contributed by atoms with Crippen molar-refractivity contribution in [1.82, 2.24) is 0 Å². The first-order chi connectivity index (χ1) is 46.5. The molecule has 17 nitrogen and oxygen atoms in total. The Morgan fingerprint density at radius 2 is 0.479 bits per heavy atom. The predicted octanol–water partition coefficient (Wildman–Crippen LogP) is 22.9. The first kappa shape index (κ1) is 94.1. The van der Waals surface area contributed by atoms with Crippen LogP contribution < -0.4 is 0 Å². The van der Waals surface area contributed by atoms with Gasteiger partial charge in [0, 0.05) is 25.7 Å². The number of hydrogen-bond acceptors (Lipinski definition) is 15. The number of aliphatic hydroxyl groups is 1. The van der Waals surface area contributed by atoms with Crippen LogP contribution >= 0.6 is 15.6 Å². The molecule has 0 radical (unpaired) electrons. The van der Waals surface area contributed by atoms with Crippen molar-refractivity contribution in [1.29, 1.82) is 0 Å². The highest BCUT2D eigenvalue weighted by Crippen LogP contribution is 2.45. The van der Waals surface area contributed by atoms with E-state index in [9.17, 15) is 43.2 Å². The fourth-order valence-electron chi connectivity index (χ4n) is 11.9. The molecule has 0 aromatic rings. The average Bonchev–Trinajstić information content (AvgIpc) is 1.33. The molecule has 0 amide bonds. The van der Waals surface area contributed by atoms with Gasteiger partial charge in [0.15, 0.2) is 12.2 Å². The van der Waals surface area contributed by atoms with Gasteiger partial charge in [-0.3, -0.25) is 37.3 Å². The Hall–Kier alpha value is -1.94. The molecule has 3 N–H and O–H groups in total. The molecule has 0 spiro atoms. The Morgan fingerprint density at radius 1 is 0.281 bits per heavy atom. The first-order valence-corrected chi connectivity index (χ1v) is 43.1. The highest BCUT2D eigenvalue weighted by atomic mass is 31.2. The Balaban J connectivity index is 5.22. The van der Waals surface area contributed by atoms with Crippen LogP contribution in [0.4, 0.5) is 0 Å². The molecule has 0 heterocycles. The quantitative estimate of drug-likeness (QED) is 0.0222. The van der Waals surface area contributed by atoms with Crippen molar-refractivity contribution >= 4 is 39.5 Å². The number of carbonyl (C=O) groups excluding carboxylic acids is 4. The lowest BCUT2D eigenvalue weighted by molar-refractivity contribution is -0.161. The summed E-state index contributed by atoms with van der Waals surface area (Å²) in [6.45, 7) is 7.32. The van der Waals surface area contributed by atoms with Crippen LogP contribution in [0, 0.1) is 5.92 Å². The number of ether oxygens (including phenoxy) is 4. The van der Waals surface area contributed by atoms with Crippen LogP contribution in [0.3, 0.4) is 0 Å². The van der Waals surface area contributed by atoms with Crippen molar-refractivity contribution in [3.05, 3.63) is 0 Å². The number of phosphoric ester groups is 2. The molecule has 570 valence electrons. The van der Waals surface area contributed by atoms with Gasteiger partial charge in [0.05, 0.1) is 26.4 Å². The maximum Gasteiger partial charge on any atom is 0.472 e. The lowest BCUT2D eigenvalue weighted by Crippen LogP contribution is -2.30. The summed E-state index contributed by atoms with van der Waals surface area (Å²) in [5.41, 5.74) is 0. The molecule has 0 aromatic heterocycles. The van der Waals surface area contributed by atoms with Crippen LogP contribution in [0.2, 0.25) is 0 Å². The smallest absolute Gasteiger partial charge is 0.462 e. The van der Waals surface area contributed by atoms with Gasteiger partial charge in [-0.25, -0.2) is 9.13 Å². The molecule has 0 aliphatic rings. The third kappa shape index (κ3) is 70.5. The lowest BCUT2D eigenvalue weighted by atomic mass is 10.0. The Kier molecular flexibility index (Phi) is 68.7. The van der Waals surface area contributed by atoms with Crippen LogP contribution in [0.1, 0.15) is 407 Å². The topological polar surface area (TPSA) is 237 Å². The minimum absolute atomic E-state index is 0.108. The maximum atomic E-state index is 13.1. The van der Waals surface area contributed by atoms with Gasteiger partial charge in [-0.15, -0.1) is 0 Å². The van der Waals surface area contributed by atoms with Gasteiger partial charge in [-0.05, 0) is 31.6 Å². The molecule has 0 aliphatic carbocycles. The molecule has 0 aromatic carbocycles. The van der Waals surface area contributed by atoms with E-state index in [0.717, 1.165) is 95.8 Å². The highest BCUT2D eigenvalue weighted by Gasteiger charge is 2.30. The summed E-state index contributed by atoms with van der Waals surface area (Å²) in [6.07, 6.45) is 59.5. The van der Waals surface area contributed by atoms with Crippen molar-refractivity contribution < 1.29 is 80.2 Å². The Morgan fingerprint density at radius 3 is 0.708 bits per heavy atom. The zero-order valence-electron chi connectivity index (χ0n) is 62.5. The number of hydrogen-bond donors (Lipinski definition) is 3. The average molecular weight is 1410 g/mol. The molecular formula is C77H150O17P2. The lowest BCUT2D eigenvalue weighted by Gasteiger charge is -2.21. The summed E-state index contributed by atoms with van der Waals surface area (Å²) < 4.78 is 68.5. The summed E-state index contributed by atoms with van der Waals surface area (Å²) in [7, 11) is -9.91. The third-order valence-corrected chi connectivity index (χ3v) is 19.9. The van der Waals surface area contributed by atoms with Crippen LogP contribution in [0.5, 0.6) is 0 Å². The maximum absolute atomic E-state index is 13.1. The third-order valence-electron chi connectivity index (χ3n) is 18.0. The minimum atomic E-state index is -4.96. The van der Waals surface area contributed by atoms with Gasteiger partial charge in [-0.1, -0.05) is 356 Å². The number of phosphoric acid groups is 2. The fourth-order valence-corrected chi connectivity index (χ4v) is 13.5. The van der Waals surface area contributed by atoms with E-state index in [4.69, 9.17) is 37.0 Å². The largest absolute Gasteiger partial charge is 0.472 e. The van der Waals surface area contributed by atoms with E-state index >= 15 is 0 Å². The second kappa shape index (κ2) is 70.1. The van der Waals surface area contributed by atoms with Gasteiger partial charge < -0.3 is 33.8 Å². The number of esters is 4. The van der Waals surface area contributed by atoms with Gasteiger partial charge in [0.2, 0.25) is 0 Å². The summed E-state index contributed by atoms with van der Waals surface area (Å²) in [5, 5.41) is 10.6. The highest BCUT2D eigenvalue weighted by molar-refractivity contribution is 7.47. The molecule has 0 saturated carbocycles. The van der Waals surface area contributed by atoms with E-state index in [1.54, 1.807) is 0 Å². The summed E-state index contributed by atoms with van der Waals surface area (Å²) >= 11 is 0. The molecular weight excluding hydrogens is 1260 g/mol. The predicted molar refractivity (Wildman–Crippen MR) is 391 cm³/mol. The molecule has 96 heavy (non-hydrogen) atoms. The molecule has 2 unspecified atom stereocenters. The van der Waals surface area contributed by atoms with Crippen molar-refractivity contribution in [2.24, 2.45) is 5.92 Å². The molecule has 5 atom stereocenters. The van der Waals surface area contributed by atoms with Crippen LogP contribution in [0.15, 0.2) is 0 Å². The van der Waals surface area contributed by atoms with Gasteiger partial charge in [0.1, 0.15) is 19.3 Å². The first-order valence-electron chi connectivity index (χ1n) is 40.1. The molecule has 0 aliphatic heterocycles. The van der Waals surface area contributed by atoms with Crippen molar-refractivity contribution in [2.75, 3.05) is 39.6 Å².